The van der Waals surface area contributed by atoms with Crippen LogP contribution in [0, 0.1) is 13.8 Å². The van der Waals surface area contributed by atoms with E-state index in [1.54, 1.807) is 0 Å². The van der Waals surface area contributed by atoms with E-state index in [-0.39, 0.29) is 0 Å². The van der Waals surface area contributed by atoms with Crippen LogP contribution in [-0.2, 0) is 5.75 Å². The van der Waals surface area contributed by atoms with Crippen molar-refractivity contribution in [2.45, 2.75) is 45.1 Å². The largest absolute Gasteiger partial charge is 0.151 e. The summed E-state index contributed by atoms with van der Waals surface area (Å²) in [5.74, 6) is 1.12. The van der Waals surface area contributed by atoms with Crippen LogP contribution in [0.3, 0.4) is 0 Å². The van der Waals surface area contributed by atoms with Crippen molar-refractivity contribution in [3.63, 3.8) is 0 Å². The van der Waals surface area contributed by atoms with E-state index in [4.69, 9.17) is 0 Å². The average molecular weight is 208 g/mol. The lowest BCUT2D eigenvalue weighted by atomic mass is 10.1. The van der Waals surface area contributed by atoms with Gasteiger partial charge in [0.1, 0.15) is 0 Å². The molecule has 1 aromatic carbocycles. The van der Waals surface area contributed by atoms with Crippen LogP contribution in [0.5, 0.6) is 0 Å². The normalized spacial score (nSPS) is 11.8. The van der Waals surface area contributed by atoms with E-state index in [0.717, 1.165) is 5.75 Å². The number of benzene rings is 1. The Balaban J connectivity index is 2.68. The zero-order valence-corrected chi connectivity index (χ0v) is 10.7. The molecule has 0 radical (unpaired) electrons. The van der Waals surface area contributed by atoms with E-state index in [9.17, 15) is 0 Å². The fourth-order valence-electron chi connectivity index (χ4n) is 1.30. The molecular weight excluding hydrogens is 188 g/mol. The second kappa shape index (κ2) is 4.39. The van der Waals surface area contributed by atoms with Crippen molar-refractivity contribution < 1.29 is 0 Å². The van der Waals surface area contributed by atoms with Crippen LogP contribution in [0.4, 0.5) is 0 Å². The topological polar surface area (TPSA) is 0 Å². The Bertz CT molecular complexity index is 308. The van der Waals surface area contributed by atoms with Crippen molar-refractivity contribution in [1.29, 1.82) is 0 Å². The van der Waals surface area contributed by atoms with Crippen molar-refractivity contribution in [1.82, 2.24) is 0 Å². The molecule has 0 saturated carbocycles. The average Bonchev–Trinajstić information content (AvgIpc) is 2.00. The summed E-state index contributed by atoms with van der Waals surface area (Å²) in [5, 5.41) is 0. The Morgan fingerprint density at radius 2 is 1.79 bits per heavy atom. The van der Waals surface area contributed by atoms with Crippen molar-refractivity contribution in [2.75, 3.05) is 0 Å². The molecule has 0 amide bonds. The van der Waals surface area contributed by atoms with Gasteiger partial charge in [-0.1, -0.05) is 44.5 Å². The molecule has 0 saturated heterocycles. The summed E-state index contributed by atoms with van der Waals surface area (Å²) >= 11 is 2.01. The highest BCUT2D eigenvalue weighted by atomic mass is 32.2. The lowest BCUT2D eigenvalue weighted by molar-refractivity contribution is 0.802. The van der Waals surface area contributed by atoms with Crippen LogP contribution in [0.1, 0.15) is 37.5 Å². The van der Waals surface area contributed by atoms with Gasteiger partial charge in [0.2, 0.25) is 0 Å². The molecule has 1 rings (SSSR count). The molecular formula is C13H20S. The Kier molecular flexibility index (Phi) is 3.65. The molecule has 0 N–H and O–H groups in total. The van der Waals surface area contributed by atoms with Crippen LogP contribution in [0.2, 0.25) is 0 Å². The van der Waals surface area contributed by atoms with Crippen molar-refractivity contribution in [3.05, 3.63) is 34.9 Å². The SMILES string of the molecule is Cc1ccc(CSC(C)(C)C)c(C)c1. The van der Waals surface area contributed by atoms with Crippen molar-refractivity contribution in [3.8, 4) is 0 Å². The number of aryl methyl sites for hydroxylation is 2. The highest BCUT2D eigenvalue weighted by Gasteiger charge is 2.11. The Morgan fingerprint density at radius 3 is 2.29 bits per heavy atom. The van der Waals surface area contributed by atoms with E-state index in [1.165, 1.54) is 16.7 Å². The lowest BCUT2D eigenvalue weighted by Gasteiger charge is -2.18. The maximum Gasteiger partial charge on any atom is 0.0192 e. The fourth-order valence-corrected chi connectivity index (χ4v) is 2.21. The van der Waals surface area contributed by atoms with Crippen LogP contribution in [-0.4, -0.2) is 4.75 Å². The van der Waals surface area contributed by atoms with Gasteiger partial charge in [-0.05, 0) is 25.0 Å². The minimum Gasteiger partial charge on any atom is -0.151 e. The molecule has 0 atom stereocenters. The Morgan fingerprint density at radius 1 is 1.14 bits per heavy atom. The zero-order chi connectivity index (χ0) is 10.8. The Hall–Kier alpha value is -0.430. The van der Waals surface area contributed by atoms with E-state index >= 15 is 0 Å². The predicted molar refractivity (Wildman–Crippen MR) is 67.0 cm³/mol. The Labute approximate surface area is 92.1 Å². The molecule has 78 valence electrons. The maximum atomic E-state index is 2.27. The van der Waals surface area contributed by atoms with Crippen LogP contribution >= 0.6 is 11.8 Å². The molecule has 0 bridgehead atoms. The quantitative estimate of drug-likeness (QED) is 0.697. The molecule has 0 nitrogen and oxygen atoms in total. The van der Waals surface area contributed by atoms with Gasteiger partial charge >= 0.3 is 0 Å². The lowest BCUT2D eigenvalue weighted by Crippen LogP contribution is -2.07. The van der Waals surface area contributed by atoms with Gasteiger partial charge in [-0.25, -0.2) is 0 Å². The van der Waals surface area contributed by atoms with E-state index in [0.29, 0.717) is 4.75 Å². The summed E-state index contributed by atoms with van der Waals surface area (Å²) in [7, 11) is 0. The first kappa shape index (κ1) is 11.6. The van der Waals surface area contributed by atoms with Crippen LogP contribution in [0.25, 0.3) is 0 Å². The van der Waals surface area contributed by atoms with Gasteiger partial charge in [-0.15, -0.1) is 0 Å². The van der Waals surface area contributed by atoms with Gasteiger partial charge in [-0.2, -0.15) is 11.8 Å². The standard InChI is InChI=1S/C13H20S/c1-10-6-7-12(11(2)8-10)9-14-13(3,4)5/h6-8H,9H2,1-5H3. The highest BCUT2D eigenvalue weighted by molar-refractivity contribution is 7.99. The molecule has 0 aliphatic rings. The van der Waals surface area contributed by atoms with Gasteiger partial charge in [0.15, 0.2) is 0 Å². The summed E-state index contributed by atoms with van der Waals surface area (Å²) in [6.07, 6.45) is 0. The zero-order valence-electron chi connectivity index (χ0n) is 9.85. The summed E-state index contributed by atoms with van der Waals surface area (Å²) < 4.78 is 0.358. The summed E-state index contributed by atoms with van der Waals surface area (Å²) in [6.45, 7) is 11.1. The maximum absolute atomic E-state index is 2.27. The number of hydrogen-bond donors (Lipinski definition) is 0. The second-order valence-electron chi connectivity index (χ2n) is 4.83. The molecule has 0 heterocycles. The van der Waals surface area contributed by atoms with Crippen LogP contribution < -0.4 is 0 Å². The van der Waals surface area contributed by atoms with Gasteiger partial charge in [0.25, 0.3) is 0 Å². The first-order valence-corrected chi connectivity index (χ1v) is 6.07. The number of thioether (sulfide) groups is 1. The molecule has 0 aromatic heterocycles. The van der Waals surface area contributed by atoms with E-state index in [1.807, 2.05) is 11.8 Å². The van der Waals surface area contributed by atoms with E-state index in [2.05, 4.69) is 52.8 Å². The van der Waals surface area contributed by atoms with Gasteiger partial charge in [0.05, 0.1) is 0 Å². The molecule has 0 unspecified atom stereocenters. The molecule has 14 heavy (non-hydrogen) atoms. The van der Waals surface area contributed by atoms with Crippen molar-refractivity contribution >= 4 is 11.8 Å². The fraction of sp³-hybridized carbons (Fsp3) is 0.538. The van der Waals surface area contributed by atoms with E-state index < -0.39 is 0 Å². The molecule has 0 aliphatic carbocycles. The second-order valence-corrected chi connectivity index (χ2v) is 6.63. The molecule has 0 spiro atoms. The third kappa shape index (κ3) is 3.75. The molecule has 0 fully saturated rings. The monoisotopic (exact) mass is 208 g/mol. The van der Waals surface area contributed by atoms with Gasteiger partial charge in [0, 0.05) is 10.5 Å². The summed E-state index contributed by atoms with van der Waals surface area (Å²) in [4.78, 5) is 0. The molecule has 1 aromatic rings. The first-order valence-electron chi connectivity index (χ1n) is 5.08. The predicted octanol–water partition coefficient (Wildman–Crippen LogP) is 4.34. The highest BCUT2D eigenvalue weighted by Crippen LogP contribution is 2.28. The van der Waals surface area contributed by atoms with Crippen molar-refractivity contribution in [2.24, 2.45) is 0 Å². The van der Waals surface area contributed by atoms with Gasteiger partial charge in [-0.3, -0.25) is 0 Å². The molecule has 1 heteroatoms. The summed E-state index contributed by atoms with van der Waals surface area (Å²) in [6, 6.07) is 6.72. The van der Waals surface area contributed by atoms with Crippen LogP contribution in [0.15, 0.2) is 18.2 Å². The number of rotatable bonds is 2. The minimum atomic E-state index is 0.358. The third-order valence-electron chi connectivity index (χ3n) is 2.16. The summed E-state index contributed by atoms with van der Waals surface area (Å²) in [5.41, 5.74) is 4.24. The first-order chi connectivity index (χ1) is 6.38. The third-order valence-corrected chi connectivity index (χ3v) is 3.48. The smallest absolute Gasteiger partial charge is 0.0192 e. The molecule has 0 aliphatic heterocycles. The minimum absolute atomic E-state index is 0.358. The number of hydrogen-bond acceptors (Lipinski definition) is 1. The van der Waals surface area contributed by atoms with Gasteiger partial charge < -0.3 is 0 Å².